The number of benzene rings is 2. The van der Waals surface area contributed by atoms with Crippen molar-refractivity contribution < 1.29 is 14.4 Å². The molecule has 0 aliphatic carbocycles. The molecule has 0 unspecified atom stereocenters. The molecule has 2 saturated heterocycles. The minimum atomic E-state index is -0.767. The average molecular weight is 397 g/mol. The quantitative estimate of drug-likeness (QED) is 0.567. The number of hydrogen-bond acceptors (Lipinski definition) is 5. The number of carbonyl (C=O) groups excluding carboxylic acids is 2. The summed E-state index contributed by atoms with van der Waals surface area (Å²) >= 11 is 1.67. The molecular formula is C22H24N2O3S. The maximum atomic E-state index is 13.2. The maximum Gasteiger partial charge on any atom is 0.262 e. The van der Waals surface area contributed by atoms with E-state index in [9.17, 15) is 9.59 Å². The van der Waals surface area contributed by atoms with Crippen LogP contribution in [0.1, 0.15) is 25.5 Å². The van der Waals surface area contributed by atoms with Crippen molar-refractivity contribution in [1.82, 2.24) is 4.90 Å². The van der Waals surface area contributed by atoms with Crippen molar-refractivity contribution in [2.75, 3.05) is 17.9 Å². The van der Waals surface area contributed by atoms with Crippen LogP contribution in [-0.4, -0.2) is 35.6 Å². The lowest BCUT2D eigenvalue weighted by Gasteiger charge is -2.29. The summed E-state index contributed by atoms with van der Waals surface area (Å²) in [6.07, 6.45) is 1.26. The molecule has 2 aliphatic heterocycles. The Kier molecular flexibility index (Phi) is 5.17. The smallest absolute Gasteiger partial charge is 0.262 e. The molecular weight excluding hydrogens is 372 g/mol. The largest absolute Gasteiger partial charge is 0.280 e. The molecule has 5 nitrogen and oxygen atoms in total. The molecule has 2 aromatic rings. The third-order valence-electron chi connectivity index (χ3n) is 5.22. The number of amides is 2. The Morgan fingerprint density at radius 1 is 1.00 bits per heavy atom. The van der Waals surface area contributed by atoms with Crippen molar-refractivity contribution in [2.24, 2.45) is 11.8 Å². The van der Waals surface area contributed by atoms with Crippen molar-refractivity contribution in [3.05, 3.63) is 60.2 Å². The van der Waals surface area contributed by atoms with Gasteiger partial charge >= 0.3 is 0 Å². The molecule has 2 heterocycles. The van der Waals surface area contributed by atoms with E-state index >= 15 is 0 Å². The van der Waals surface area contributed by atoms with Crippen molar-refractivity contribution in [1.29, 1.82) is 0 Å². The van der Waals surface area contributed by atoms with Gasteiger partial charge in [0.25, 0.3) is 5.91 Å². The summed E-state index contributed by atoms with van der Waals surface area (Å²) in [5.74, 6) is -0.684. The normalized spacial score (nSPS) is 24.4. The molecule has 0 saturated carbocycles. The number of rotatable bonds is 5. The minimum absolute atomic E-state index is 0.138. The van der Waals surface area contributed by atoms with Gasteiger partial charge in [-0.3, -0.25) is 19.3 Å². The van der Waals surface area contributed by atoms with Crippen LogP contribution in [0.25, 0.3) is 0 Å². The van der Waals surface area contributed by atoms with Crippen molar-refractivity contribution >= 4 is 29.3 Å². The second-order valence-corrected chi connectivity index (χ2v) is 8.49. The van der Waals surface area contributed by atoms with E-state index in [1.54, 1.807) is 16.8 Å². The first kappa shape index (κ1) is 19.0. The molecule has 0 aromatic heterocycles. The first-order valence-corrected chi connectivity index (χ1v) is 10.7. The van der Waals surface area contributed by atoms with Gasteiger partial charge < -0.3 is 0 Å². The van der Waals surface area contributed by atoms with Crippen molar-refractivity contribution in [3.63, 3.8) is 0 Å². The standard InChI is InChI=1S/C22H24N2O3S/c1-14(2)13-23-21(25)18-19(15-9-11-17(28-3)12-10-15)24(27-20(18)22(23)26)16-7-5-4-6-8-16/h4-12,14,18-20H,13H2,1-3H3/t18-,19+,20-/m1/s1. The van der Waals surface area contributed by atoms with E-state index in [1.165, 1.54) is 4.90 Å². The molecule has 28 heavy (non-hydrogen) atoms. The van der Waals surface area contributed by atoms with Crippen LogP contribution in [0.5, 0.6) is 0 Å². The van der Waals surface area contributed by atoms with Gasteiger partial charge in [0.05, 0.1) is 11.7 Å². The molecule has 146 valence electrons. The zero-order valence-corrected chi connectivity index (χ0v) is 17.1. The van der Waals surface area contributed by atoms with E-state index in [-0.39, 0.29) is 23.8 Å². The van der Waals surface area contributed by atoms with Gasteiger partial charge in [0.1, 0.15) is 5.92 Å². The third-order valence-corrected chi connectivity index (χ3v) is 5.97. The molecule has 0 N–H and O–H groups in total. The average Bonchev–Trinajstić information content (AvgIpc) is 3.21. The number of likely N-dealkylation sites (tertiary alicyclic amines) is 1. The molecule has 2 aromatic carbocycles. The highest BCUT2D eigenvalue weighted by molar-refractivity contribution is 7.98. The highest BCUT2D eigenvalue weighted by Gasteiger charge is 2.59. The highest BCUT2D eigenvalue weighted by atomic mass is 32.2. The molecule has 0 radical (unpaired) electrons. The van der Waals surface area contributed by atoms with Crippen molar-refractivity contribution in [2.45, 2.75) is 30.9 Å². The first-order chi connectivity index (χ1) is 13.5. The monoisotopic (exact) mass is 396 g/mol. The SMILES string of the molecule is CSc1ccc([C@H]2[C@H]3C(=O)N(CC(C)C)C(=O)[C@@H]3ON2c2ccccc2)cc1. The van der Waals surface area contributed by atoms with Gasteiger partial charge in [-0.25, -0.2) is 5.06 Å². The second-order valence-electron chi connectivity index (χ2n) is 7.61. The zero-order valence-electron chi connectivity index (χ0n) is 16.2. The molecule has 2 amide bonds. The van der Waals surface area contributed by atoms with Crippen LogP contribution in [0.15, 0.2) is 59.5 Å². The Balaban J connectivity index is 1.74. The fourth-order valence-corrected chi connectivity index (χ4v) is 4.36. The van der Waals surface area contributed by atoms with Gasteiger partial charge in [-0.2, -0.15) is 0 Å². The third kappa shape index (κ3) is 3.20. The van der Waals surface area contributed by atoms with Gasteiger partial charge in [-0.05, 0) is 42.0 Å². The Labute approximate surface area is 169 Å². The lowest BCUT2D eigenvalue weighted by atomic mass is 9.90. The van der Waals surface area contributed by atoms with Crippen LogP contribution < -0.4 is 5.06 Å². The van der Waals surface area contributed by atoms with Gasteiger partial charge in [0.2, 0.25) is 5.91 Å². The van der Waals surface area contributed by atoms with Crippen LogP contribution in [0.4, 0.5) is 5.69 Å². The minimum Gasteiger partial charge on any atom is -0.280 e. The van der Waals surface area contributed by atoms with Crippen LogP contribution in [0, 0.1) is 11.8 Å². The number of imide groups is 1. The summed E-state index contributed by atoms with van der Waals surface area (Å²) in [5, 5.41) is 1.74. The van der Waals surface area contributed by atoms with E-state index in [2.05, 4.69) is 0 Å². The number of para-hydroxylation sites is 1. The topological polar surface area (TPSA) is 49.9 Å². The van der Waals surface area contributed by atoms with E-state index in [4.69, 9.17) is 4.84 Å². The van der Waals surface area contributed by atoms with Crippen LogP contribution in [-0.2, 0) is 14.4 Å². The Hall–Kier alpha value is -2.31. The second kappa shape index (κ2) is 7.60. The Bertz CT molecular complexity index is 869. The summed E-state index contributed by atoms with van der Waals surface area (Å²) in [6.45, 7) is 4.44. The van der Waals surface area contributed by atoms with Gasteiger partial charge in [0.15, 0.2) is 6.10 Å². The van der Waals surface area contributed by atoms with Gasteiger partial charge in [0, 0.05) is 11.4 Å². The first-order valence-electron chi connectivity index (χ1n) is 9.51. The number of thioether (sulfide) groups is 1. The summed E-state index contributed by atoms with van der Waals surface area (Å²) in [4.78, 5) is 34.8. The maximum absolute atomic E-state index is 13.2. The Morgan fingerprint density at radius 3 is 2.29 bits per heavy atom. The number of anilines is 1. The number of nitrogens with zero attached hydrogens (tertiary/aromatic N) is 2. The van der Waals surface area contributed by atoms with Gasteiger partial charge in [-0.1, -0.05) is 44.2 Å². The number of hydroxylamine groups is 1. The molecule has 0 bridgehead atoms. The lowest BCUT2D eigenvalue weighted by Crippen LogP contribution is -2.39. The number of fused-ring (bicyclic) bond motifs is 1. The summed E-state index contributed by atoms with van der Waals surface area (Å²) in [5.41, 5.74) is 1.81. The predicted molar refractivity (Wildman–Crippen MR) is 110 cm³/mol. The summed E-state index contributed by atoms with van der Waals surface area (Å²) in [7, 11) is 0. The molecule has 4 rings (SSSR count). The van der Waals surface area contributed by atoms with Crippen LogP contribution in [0.3, 0.4) is 0 Å². The summed E-state index contributed by atoms with van der Waals surface area (Å²) in [6, 6.07) is 17.5. The van der Waals surface area contributed by atoms with Gasteiger partial charge in [-0.15, -0.1) is 11.8 Å². The zero-order chi connectivity index (χ0) is 19.8. The lowest BCUT2D eigenvalue weighted by molar-refractivity contribution is -0.143. The molecule has 0 spiro atoms. The highest BCUT2D eigenvalue weighted by Crippen LogP contribution is 2.46. The van der Waals surface area contributed by atoms with Crippen LogP contribution >= 0.6 is 11.8 Å². The van der Waals surface area contributed by atoms with E-state index < -0.39 is 12.0 Å². The van der Waals surface area contributed by atoms with E-state index in [1.807, 2.05) is 74.7 Å². The van der Waals surface area contributed by atoms with Crippen LogP contribution in [0.2, 0.25) is 0 Å². The van der Waals surface area contributed by atoms with E-state index in [0.29, 0.717) is 6.54 Å². The number of hydrogen-bond donors (Lipinski definition) is 0. The molecule has 2 aliphatic rings. The van der Waals surface area contributed by atoms with E-state index in [0.717, 1.165) is 16.1 Å². The molecule has 3 atom stereocenters. The Morgan fingerprint density at radius 2 is 1.68 bits per heavy atom. The molecule has 2 fully saturated rings. The number of carbonyl (C=O) groups is 2. The fraction of sp³-hybridized carbons (Fsp3) is 0.364. The summed E-state index contributed by atoms with van der Waals surface area (Å²) < 4.78 is 0. The molecule has 6 heteroatoms. The van der Waals surface area contributed by atoms with Crippen molar-refractivity contribution in [3.8, 4) is 0 Å². The fourth-order valence-electron chi connectivity index (χ4n) is 3.96. The predicted octanol–water partition coefficient (Wildman–Crippen LogP) is 3.91.